The molecule has 3 rings (SSSR count). The molecule has 0 radical (unpaired) electrons. The lowest BCUT2D eigenvalue weighted by Gasteiger charge is -2.30. The Bertz CT molecular complexity index is 527. The van der Waals surface area contributed by atoms with Gasteiger partial charge in [0.05, 0.1) is 12.2 Å². The van der Waals surface area contributed by atoms with E-state index >= 15 is 0 Å². The van der Waals surface area contributed by atoms with E-state index in [1.807, 2.05) is 7.05 Å². The SMILES string of the molecule is CN1CCCC(CNC(=O)N(C)Cc2n[nH]c3c2CCC3)C1. The van der Waals surface area contributed by atoms with Crippen LogP contribution in [0.25, 0.3) is 0 Å². The van der Waals surface area contributed by atoms with Crippen LogP contribution in [0.15, 0.2) is 0 Å². The van der Waals surface area contributed by atoms with Gasteiger partial charge in [-0.1, -0.05) is 0 Å². The predicted molar refractivity (Wildman–Crippen MR) is 85.7 cm³/mol. The molecule has 1 aliphatic heterocycles. The molecule has 6 heteroatoms. The number of nitrogens with one attached hydrogen (secondary N) is 2. The van der Waals surface area contributed by atoms with Gasteiger partial charge in [-0.3, -0.25) is 5.10 Å². The lowest BCUT2D eigenvalue weighted by Crippen LogP contribution is -2.43. The van der Waals surface area contributed by atoms with Gasteiger partial charge in [-0.2, -0.15) is 5.10 Å². The number of hydrogen-bond acceptors (Lipinski definition) is 3. The van der Waals surface area contributed by atoms with E-state index in [1.165, 1.54) is 37.1 Å². The van der Waals surface area contributed by atoms with E-state index in [0.717, 1.165) is 31.6 Å². The van der Waals surface area contributed by atoms with E-state index in [2.05, 4.69) is 27.5 Å². The summed E-state index contributed by atoms with van der Waals surface area (Å²) < 4.78 is 0. The van der Waals surface area contributed by atoms with Crippen molar-refractivity contribution >= 4 is 6.03 Å². The zero-order valence-corrected chi connectivity index (χ0v) is 13.7. The summed E-state index contributed by atoms with van der Waals surface area (Å²) in [6.07, 6.45) is 5.81. The third-order valence-electron chi connectivity index (χ3n) is 4.89. The number of rotatable bonds is 4. The Balaban J connectivity index is 1.47. The fraction of sp³-hybridized carbons (Fsp3) is 0.750. The highest BCUT2D eigenvalue weighted by atomic mass is 16.2. The van der Waals surface area contributed by atoms with Crippen LogP contribution in [0.2, 0.25) is 0 Å². The Morgan fingerprint density at radius 3 is 3.14 bits per heavy atom. The molecule has 0 aromatic carbocycles. The number of H-pyrrole nitrogens is 1. The zero-order chi connectivity index (χ0) is 15.5. The molecule has 1 fully saturated rings. The second-order valence-electron chi connectivity index (χ2n) is 6.79. The van der Waals surface area contributed by atoms with Gasteiger partial charge < -0.3 is 15.1 Å². The van der Waals surface area contributed by atoms with Crippen molar-refractivity contribution in [3.63, 3.8) is 0 Å². The van der Waals surface area contributed by atoms with E-state index in [-0.39, 0.29) is 6.03 Å². The molecule has 22 heavy (non-hydrogen) atoms. The molecule has 122 valence electrons. The van der Waals surface area contributed by atoms with Crippen LogP contribution in [0.3, 0.4) is 0 Å². The molecule has 1 saturated heterocycles. The van der Waals surface area contributed by atoms with Crippen LogP contribution in [0.1, 0.15) is 36.2 Å². The van der Waals surface area contributed by atoms with E-state index in [4.69, 9.17) is 0 Å². The molecule has 2 heterocycles. The summed E-state index contributed by atoms with van der Waals surface area (Å²) in [6.45, 7) is 3.61. The molecule has 2 amide bonds. The zero-order valence-electron chi connectivity index (χ0n) is 13.7. The molecular weight excluding hydrogens is 278 g/mol. The summed E-state index contributed by atoms with van der Waals surface area (Å²) in [7, 11) is 4.00. The molecule has 0 saturated carbocycles. The molecule has 2 N–H and O–H groups in total. The minimum Gasteiger partial charge on any atom is -0.338 e. The van der Waals surface area contributed by atoms with Gasteiger partial charge in [0.15, 0.2) is 0 Å². The van der Waals surface area contributed by atoms with Crippen molar-refractivity contribution in [2.24, 2.45) is 5.92 Å². The Hall–Kier alpha value is -1.56. The minimum atomic E-state index is 0.00275. The third-order valence-corrected chi connectivity index (χ3v) is 4.89. The first-order valence-electron chi connectivity index (χ1n) is 8.36. The number of likely N-dealkylation sites (tertiary alicyclic amines) is 1. The fourth-order valence-corrected chi connectivity index (χ4v) is 3.62. The van der Waals surface area contributed by atoms with E-state index in [9.17, 15) is 4.79 Å². The van der Waals surface area contributed by atoms with Crippen LogP contribution >= 0.6 is 0 Å². The van der Waals surface area contributed by atoms with E-state index in [0.29, 0.717) is 12.5 Å². The van der Waals surface area contributed by atoms with Crippen molar-refractivity contribution in [2.75, 3.05) is 33.7 Å². The highest BCUT2D eigenvalue weighted by molar-refractivity contribution is 5.73. The van der Waals surface area contributed by atoms with Crippen LogP contribution < -0.4 is 5.32 Å². The van der Waals surface area contributed by atoms with Gasteiger partial charge in [0, 0.05) is 25.8 Å². The smallest absolute Gasteiger partial charge is 0.317 e. The summed E-state index contributed by atoms with van der Waals surface area (Å²) in [5.41, 5.74) is 3.62. The maximum atomic E-state index is 12.3. The number of aryl methyl sites for hydroxylation is 1. The average Bonchev–Trinajstić information content (AvgIpc) is 3.10. The minimum absolute atomic E-state index is 0.00275. The predicted octanol–water partition coefficient (Wildman–Crippen LogP) is 1.38. The molecular formula is C16H27N5O. The van der Waals surface area contributed by atoms with Crippen LogP contribution in [0, 0.1) is 5.92 Å². The highest BCUT2D eigenvalue weighted by Gasteiger charge is 2.22. The number of fused-ring (bicyclic) bond motifs is 1. The molecule has 0 spiro atoms. The Morgan fingerprint density at radius 1 is 1.45 bits per heavy atom. The van der Waals surface area contributed by atoms with Crippen LogP contribution in [-0.2, 0) is 19.4 Å². The standard InChI is InChI=1S/C16H27N5O/c1-20-8-4-5-12(10-20)9-17-16(22)21(2)11-15-13-6-3-7-14(13)18-19-15/h12H,3-11H2,1-2H3,(H,17,22)(H,18,19). The van der Waals surface area contributed by atoms with Crippen molar-refractivity contribution in [3.8, 4) is 0 Å². The number of carbonyl (C=O) groups excluding carboxylic acids is 1. The lowest BCUT2D eigenvalue weighted by atomic mass is 9.99. The molecule has 1 aromatic rings. The third kappa shape index (κ3) is 3.43. The molecule has 6 nitrogen and oxygen atoms in total. The van der Waals surface area contributed by atoms with Gasteiger partial charge in [0.25, 0.3) is 0 Å². The summed E-state index contributed by atoms with van der Waals surface area (Å²) in [6, 6.07) is 0.00275. The number of piperidine rings is 1. The molecule has 1 atom stereocenters. The topological polar surface area (TPSA) is 64.3 Å². The first-order valence-corrected chi connectivity index (χ1v) is 8.36. The number of aromatic amines is 1. The summed E-state index contributed by atoms with van der Waals surface area (Å²) in [4.78, 5) is 16.3. The van der Waals surface area contributed by atoms with Crippen LogP contribution in [-0.4, -0.2) is 59.8 Å². The molecule has 1 unspecified atom stereocenters. The van der Waals surface area contributed by atoms with Gasteiger partial charge in [-0.05, 0) is 57.2 Å². The number of aromatic nitrogens is 2. The van der Waals surface area contributed by atoms with Crippen molar-refractivity contribution < 1.29 is 4.79 Å². The van der Waals surface area contributed by atoms with Gasteiger partial charge in [0.1, 0.15) is 0 Å². The summed E-state index contributed by atoms with van der Waals surface area (Å²) >= 11 is 0. The molecule has 2 aliphatic rings. The van der Waals surface area contributed by atoms with Crippen LogP contribution in [0.5, 0.6) is 0 Å². The number of hydrogen-bond donors (Lipinski definition) is 2. The molecule has 1 aliphatic carbocycles. The normalized spacial score (nSPS) is 21.6. The molecule has 0 bridgehead atoms. The first kappa shape index (κ1) is 15.3. The van der Waals surface area contributed by atoms with E-state index in [1.54, 1.807) is 4.90 Å². The van der Waals surface area contributed by atoms with E-state index < -0.39 is 0 Å². The maximum Gasteiger partial charge on any atom is 0.317 e. The Kier molecular flexibility index (Phi) is 4.66. The van der Waals surface area contributed by atoms with Gasteiger partial charge >= 0.3 is 6.03 Å². The number of urea groups is 1. The lowest BCUT2D eigenvalue weighted by molar-refractivity contribution is 0.187. The number of carbonyl (C=O) groups is 1. The summed E-state index contributed by atoms with van der Waals surface area (Å²) in [5.74, 6) is 0.575. The van der Waals surface area contributed by atoms with Crippen molar-refractivity contribution in [1.82, 2.24) is 25.3 Å². The van der Waals surface area contributed by atoms with Crippen molar-refractivity contribution in [1.29, 1.82) is 0 Å². The largest absolute Gasteiger partial charge is 0.338 e. The van der Waals surface area contributed by atoms with Crippen molar-refractivity contribution in [3.05, 3.63) is 17.0 Å². The maximum absolute atomic E-state index is 12.3. The average molecular weight is 305 g/mol. The van der Waals surface area contributed by atoms with Crippen LogP contribution in [0.4, 0.5) is 4.79 Å². The van der Waals surface area contributed by atoms with Crippen molar-refractivity contribution in [2.45, 2.75) is 38.6 Å². The Labute approximate surface area is 132 Å². The quantitative estimate of drug-likeness (QED) is 0.883. The monoisotopic (exact) mass is 305 g/mol. The second-order valence-corrected chi connectivity index (χ2v) is 6.79. The Morgan fingerprint density at radius 2 is 2.32 bits per heavy atom. The number of amides is 2. The van der Waals surface area contributed by atoms with Gasteiger partial charge in [0.2, 0.25) is 0 Å². The van der Waals surface area contributed by atoms with Gasteiger partial charge in [-0.25, -0.2) is 4.79 Å². The fourth-order valence-electron chi connectivity index (χ4n) is 3.62. The summed E-state index contributed by atoms with van der Waals surface area (Å²) in [5, 5.41) is 10.5. The highest BCUT2D eigenvalue weighted by Crippen LogP contribution is 2.23. The number of nitrogens with zero attached hydrogens (tertiary/aromatic N) is 3. The van der Waals surface area contributed by atoms with Gasteiger partial charge in [-0.15, -0.1) is 0 Å². The molecule has 1 aromatic heterocycles. The second kappa shape index (κ2) is 6.69. The first-order chi connectivity index (χ1) is 10.6.